The van der Waals surface area contributed by atoms with E-state index in [1.165, 1.54) is 25.7 Å². The molecule has 1 saturated heterocycles. The Bertz CT molecular complexity index is 495. The summed E-state index contributed by atoms with van der Waals surface area (Å²) >= 11 is 6.44. The molecule has 1 aromatic heterocycles. The highest BCUT2D eigenvalue weighted by molar-refractivity contribution is 6.31. The molecule has 2 aliphatic rings. The highest BCUT2D eigenvalue weighted by atomic mass is 35.5. The van der Waals surface area contributed by atoms with Gasteiger partial charge in [-0.1, -0.05) is 24.9 Å². The minimum Gasteiger partial charge on any atom is -0.311 e. The van der Waals surface area contributed by atoms with Gasteiger partial charge in [0.2, 0.25) is 0 Å². The van der Waals surface area contributed by atoms with Gasteiger partial charge in [0.1, 0.15) is 0 Å². The van der Waals surface area contributed by atoms with Crippen molar-refractivity contribution in [3.63, 3.8) is 0 Å². The van der Waals surface area contributed by atoms with E-state index in [9.17, 15) is 0 Å². The molecule has 4 nitrogen and oxygen atoms in total. The lowest BCUT2D eigenvalue weighted by Crippen LogP contribution is -2.56. The van der Waals surface area contributed by atoms with E-state index in [1.807, 2.05) is 18.7 Å². The number of halogens is 1. The van der Waals surface area contributed by atoms with E-state index in [2.05, 4.69) is 22.2 Å². The molecule has 3 rings (SSSR count). The zero-order valence-corrected chi connectivity index (χ0v) is 14.2. The summed E-state index contributed by atoms with van der Waals surface area (Å²) in [6.07, 6.45) is 5.28. The van der Waals surface area contributed by atoms with Gasteiger partial charge in [-0.2, -0.15) is 5.10 Å². The maximum atomic E-state index is 6.44. The van der Waals surface area contributed by atoms with Crippen molar-refractivity contribution >= 4 is 11.6 Å². The van der Waals surface area contributed by atoms with Crippen LogP contribution in [0.5, 0.6) is 0 Å². The summed E-state index contributed by atoms with van der Waals surface area (Å²) in [5.74, 6) is 0.902. The molecule has 0 aromatic carbocycles. The van der Waals surface area contributed by atoms with Gasteiger partial charge in [0.15, 0.2) is 0 Å². The lowest BCUT2D eigenvalue weighted by Gasteiger charge is -2.40. The van der Waals surface area contributed by atoms with E-state index in [4.69, 9.17) is 11.6 Å². The van der Waals surface area contributed by atoms with E-state index in [0.29, 0.717) is 12.1 Å². The van der Waals surface area contributed by atoms with Gasteiger partial charge >= 0.3 is 0 Å². The van der Waals surface area contributed by atoms with Crippen molar-refractivity contribution in [1.82, 2.24) is 20.0 Å². The number of aryl methyl sites for hydroxylation is 2. The average Bonchev–Trinajstić information content (AvgIpc) is 3.26. The summed E-state index contributed by atoms with van der Waals surface area (Å²) < 4.78 is 1.95. The average molecular weight is 311 g/mol. The number of piperazine rings is 1. The molecule has 0 spiro atoms. The van der Waals surface area contributed by atoms with Crippen LogP contribution in [0.1, 0.15) is 44.0 Å². The van der Waals surface area contributed by atoms with Crippen LogP contribution in [0, 0.1) is 12.8 Å². The fraction of sp³-hybridized carbons (Fsp3) is 0.812. The Morgan fingerprint density at radius 1 is 1.38 bits per heavy atom. The first-order chi connectivity index (χ1) is 10.1. The zero-order valence-electron chi connectivity index (χ0n) is 13.4. The van der Waals surface area contributed by atoms with Crippen LogP contribution < -0.4 is 5.32 Å². The zero-order chi connectivity index (χ0) is 15.0. The molecule has 0 bridgehead atoms. The van der Waals surface area contributed by atoms with Crippen molar-refractivity contribution in [1.29, 1.82) is 0 Å². The Labute approximate surface area is 132 Å². The van der Waals surface area contributed by atoms with Gasteiger partial charge in [-0.15, -0.1) is 0 Å². The smallest absolute Gasteiger partial charge is 0.0860 e. The Kier molecular flexibility index (Phi) is 4.57. The van der Waals surface area contributed by atoms with Crippen LogP contribution in [0.2, 0.25) is 5.02 Å². The van der Waals surface area contributed by atoms with Crippen LogP contribution in [0.15, 0.2) is 0 Å². The fourth-order valence-electron chi connectivity index (χ4n) is 3.55. The third-order valence-corrected chi connectivity index (χ3v) is 5.48. The molecule has 1 N–H and O–H groups in total. The van der Waals surface area contributed by atoms with Gasteiger partial charge in [-0.25, -0.2) is 0 Å². The summed E-state index contributed by atoms with van der Waals surface area (Å²) in [6.45, 7) is 7.44. The van der Waals surface area contributed by atoms with E-state index >= 15 is 0 Å². The lowest BCUT2D eigenvalue weighted by atomic mass is 10.0. The molecule has 1 aliphatic carbocycles. The molecular weight excluding hydrogens is 284 g/mol. The Hall–Kier alpha value is -0.580. The summed E-state index contributed by atoms with van der Waals surface area (Å²) in [6, 6.07) is 1.29. The largest absolute Gasteiger partial charge is 0.311 e. The van der Waals surface area contributed by atoms with Gasteiger partial charge in [0.05, 0.1) is 16.4 Å². The first kappa shape index (κ1) is 15.3. The molecular formula is C16H27ClN4. The SMILES string of the molecule is CCCC1CNC(C2CC2)CN1Cc1c(Cl)c(C)nn1C. The Morgan fingerprint density at radius 2 is 2.14 bits per heavy atom. The first-order valence-corrected chi connectivity index (χ1v) is 8.63. The highest BCUT2D eigenvalue weighted by Gasteiger charge is 2.37. The van der Waals surface area contributed by atoms with Gasteiger partial charge in [0.25, 0.3) is 0 Å². The van der Waals surface area contributed by atoms with Gasteiger partial charge < -0.3 is 5.32 Å². The quantitative estimate of drug-likeness (QED) is 0.908. The predicted octanol–water partition coefficient (Wildman–Crippen LogP) is 2.73. The molecule has 1 aliphatic heterocycles. The minimum atomic E-state index is 0.622. The second-order valence-corrected chi connectivity index (χ2v) is 7.07. The second-order valence-electron chi connectivity index (χ2n) is 6.69. The van der Waals surface area contributed by atoms with Gasteiger partial charge in [-0.3, -0.25) is 9.58 Å². The molecule has 0 amide bonds. The van der Waals surface area contributed by atoms with Crippen LogP contribution in [0.3, 0.4) is 0 Å². The van der Waals surface area contributed by atoms with Crippen LogP contribution in [0.25, 0.3) is 0 Å². The van der Waals surface area contributed by atoms with E-state index in [-0.39, 0.29) is 0 Å². The van der Waals surface area contributed by atoms with Crippen molar-refractivity contribution in [3.05, 3.63) is 16.4 Å². The minimum absolute atomic E-state index is 0.622. The third kappa shape index (κ3) is 3.27. The van der Waals surface area contributed by atoms with Crippen molar-refractivity contribution in [2.75, 3.05) is 13.1 Å². The van der Waals surface area contributed by atoms with Crippen molar-refractivity contribution in [2.45, 2.75) is 58.2 Å². The predicted molar refractivity (Wildman–Crippen MR) is 86.6 cm³/mol. The van der Waals surface area contributed by atoms with Crippen molar-refractivity contribution in [3.8, 4) is 0 Å². The number of aromatic nitrogens is 2. The third-order valence-electron chi connectivity index (χ3n) is 4.99. The Morgan fingerprint density at radius 3 is 2.71 bits per heavy atom. The van der Waals surface area contributed by atoms with E-state index in [1.54, 1.807) is 0 Å². The van der Waals surface area contributed by atoms with Crippen molar-refractivity contribution < 1.29 is 0 Å². The topological polar surface area (TPSA) is 33.1 Å². The maximum Gasteiger partial charge on any atom is 0.0860 e. The highest BCUT2D eigenvalue weighted by Crippen LogP contribution is 2.35. The van der Waals surface area contributed by atoms with Crippen LogP contribution in [-0.4, -0.2) is 39.9 Å². The molecule has 1 saturated carbocycles. The summed E-state index contributed by atoms with van der Waals surface area (Å²) in [7, 11) is 2.00. The first-order valence-electron chi connectivity index (χ1n) is 8.25. The number of nitrogens with one attached hydrogen (secondary N) is 1. The number of hydrogen-bond donors (Lipinski definition) is 1. The monoisotopic (exact) mass is 310 g/mol. The van der Waals surface area contributed by atoms with Crippen molar-refractivity contribution in [2.24, 2.45) is 13.0 Å². The molecule has 5 heteroatoms. The number of rotatable bonds is 5. The fourth-order valence-corrected chi connectivity index (χ4v) is 3.77. The molecule has 2 heterocycles. The lowest BCUT2D eigenvalue weighted by molar-refractivity contribution is 0.105. The number of nitrogens with zero attached hydrogens (tertiary/aromatic N) is 3. The van der Waals surface area contributed by atoms with Crippen LogP contribution in [0.4, 0.5) is 0 Å². The van der Waals surface area contributed by atoms with E-state index < -0.39 is 0 Å². The van der Waals surface area contributed by atoms with E-state index in [0.717, 1.165) is 42.0 Å². The Balaban J connectivity index is 1.74. The molecule has 0 radical (unpaired) electrons. The number of hydrogen-bond acceptors (Lipinski definition) is 3. The molecule has 1 aromatic rings. The summed E-state index contributed by atoms with van der Waals surface area (Å²) in [5, 5.41) is 9.07. The normalized spacial score (nSPS) is 27.2. The van der Waals surface area contributed by atoms with Gasteiger partial charge in [-0.05, 0) is 32.1 Å². The van der Waals surface area contributed by atoms with Gasteiger partial charge in [0, 0.05) is 38.8 Å². The summed E-state index contributed by atoms with van der Waals surface area (Å²) in [5.41, 5.74) is 2.10. The second kappa shape index (κ2) is 6.27. The van der Waals surface area contributed by atoms with Crippen LogP contribution >= 0.6 is 11.6 Å². The molecule has 118 valence electrons. The molecule has 2 atom stereocenters. The molecule has 2 fully saturated rings. The summed E-state index contributed by atoms with van der Waals surface area (Å²) in [4.78, 5) is 2.63. The maximum absolute atomic E-state index is 6.44. The standard InChI is InChI=1S/C16H27ClN4/c1-4-5-13-8-18-14(12-6-7-12)9-21(13)10-15-16(17)11(2)19-20(15)3/h12-14,18H,4-10H2,1-3H3. The molecule has 21 heavy (non-hydrogen) atoms. The van der Waals surface area contributed by atoms with Crippen LogP contribution in [-0.2, 0) is 13.6 Å². The molecule has 2 unspecified atom stereocenters.